The molecule has 0 bridgehead atoms. The molecule has 9 heteroatoms. The molecule has 0 aliphatic rings. The van der Waals surface area contributed by atoms with E-state index in [0.29, 0.717) is 57.5 Å². The Bertz CT molecular complexity index is 1330. The molecule has 0 aromatic heterocycles. The molecule has 2 aromatic rings. The van der Waals surface area contributed by atoms with E-state index >= 15 is 0 Å². The van der Waals surface area contributed by atoms with Crippen molar-refractivity contribution >= 4 is 29.1 Å². The maximum absolute atomic E-state index is 13.6. The maximum atomic E-state index is 13.6. The van der Waals surface area contributed by atoms with Gasteiger partial charge in [-0.15, -0.1) is 0 Å². The first kappa shape index (κ1) is 46.9. The van der Waals surface area contributed by atoms with Gasteiger partial charge in [-0.3, -0.25) is 9.98 Å². The maximum Gasteiger partial charge on any atom is 2.00 e. The fourth-order valence-corrected chi connectivity index (χ4v) is 18.7. The molecule has 0 saturated heterocycles. The molecule has 0 spiro atoms. The van der Waals surface area contributed by atoms with Crippen molar-refractivity contribution in [3.8, 4) is 23.0 Å². The number of nitrogens with zero attached hydrogens (tertiary/aromatic N) is 2. The summed E-state index contributed by atoms with van der Waals surface area (Å²) < 4.78 is 14.0. The first-order valence-corrected chi connectivity index (χ1v) is 23.2. The Hall–Kier alpha value is -2.09. The summed E-state index contributed by atoms with van der Waals surface area (Å²) in [5.74, 6) is 1.48. The zero-order valence-electron chi connectivity index (χ0n) is 35.2. The number of hydrogen-bond donors (Lipinski definition) is 0. The van der Waals surface area contributed by atoms with Crippen molar-refractivity contribution in [1.82, 2.24) is 0 Å². The number of rotatable bonds is 15. The standard InChI is InChI=1S/C42H72N2O4Si2.Ni/c1-27(2)49(28(3)4,29(5)6)47-35-21-33(39(45)37(23-35)41(13,14)15)25-43-19-20-44-26-34-22-36(24-38(40(34)46)42(16,17)18)48-50(30(7)8,31(9)10)32(11)12;/h21-32,45-46H,19-20H2,1-18H3;/q;+2/p-2. The van der Waals surface area contributed by atoms with E-state index in [1.54, 1.807) is 12.4 Å². The van der Waals surface area contributed by atoms with Crippen molar-refractivity contribution in [2.45, 2.75) is 169 Å². The Morgan fingerprint density at radius 2 is 0.784 bits per heavy atom. The first-order valence-electron chi connectivity index (χ1n) is 18.9. The molecule has 290 valence electrons. The molecule has 0 atom stereocenters. The van der Waals surface area contributed by atoms with E-state index in [1.807, 2.05) is 24.3 Å². The normalized spacial score (nSPS) is 13.6. The Morgan fingerprint density at radius 1 is 0.529 bits per heavy atom. The molecule has 0 heterocycles. The zero-order valence-corrected chi connectivity index (χ0v) is 38.2. The molecule has 6 nitrogen and oxygen atoms in total. The van der Waals surface area contributed by atoms with E-state index in [1.165, 1.54) is 0 Å². The van der Waals surface area contributed by atoms with Gasteiger partial charge in [0.15, 0.2) is 0 Å². The quantitative estimate of drug-likeness (QED) is 0.102. The number of benzene rings is 2. The fourth-order valence-electron chi connectivity index (χ4n) is 8.23. The van der Waals surface area contributed by atoms with Crippen molar-refractivity contribution in [2.75, 3.05) is 13.1 Å². The van der Waals surface area contributed by atoms with Gasteiger partial charge in [0.2, 0.25) is 0 Å². The molecule has 0 saturated carbocycles. The average Bonchev–Trinajstić information content (AvgIpc) is 2.96. The van der Waals surface area contributed by atoms with Gasteiger partial charge >= 0.3 is 16.5 Å². The molecule has 0 aliphatic carbocycles. The van der Waals surface area contributed by atoms with Crippen LogP contribution in [0.1, 0.15) is 147 Å². The topological polar surface area (TPSA) is 89.3 Å². The molecule has 2 rings (SSSR count). The second-order valence-corrected chi connectivity index (χ2v) is 28.9. The van der Waals surface area contributed by atoms with Gasteiger partial charge in [-0.1, -0.05) is 136 Å². The average molecular weight is 782 g/mol. The summed E-state index contributed by atoms with van der Waals surface area (Å²) in [4.78, 5) is 9.25. The van der Waals surface area contributed by atoms with E-state index in [0.717, 1.165) is 22.6 Å². The van der Waals surface area contributed by atoms with Crippen LogP contribution in [0.25, 0.3) is 0 Å². The van der Waals surface area contributed by atoms with Crippen molar-refractivity contribution in [1.29, 1.82) is 0 Å². The number of hydrogen-bond acceptors (Lipinski definition) is 6. The summed E-state index contributed by atoms with van der Waals surface area (Å²) in [6.07, 6.45) is 3.34. The summed E-state index contributed by atoms with van der Waals surface area (Å²) in [6.45, 7) is 40.3. The second-order valence-electron chi connectivity index (χ2n) is 18.2. The summed E-state index contributed by atoms with van der Waals surface area (Å²) in [5.41, 5.74) is 4.30. The van der Waals surface area contributed by atoms with E-state index in [4.69, 9.17) is 8.85 Å². The van der Waals surface area contributed by atoms with Crippen LogP contribution >= 0.6 is 0 Å². The summed E-state index contributed by atoms with van der Waals surface area (Å²) in [7, 11) is -4.45. The van der Waals surface area contributed by atoms with E-state index in [-0.39, 0.29) is 38.8 Å². The Kier molecular flexibility index (Phi) is 16.8. The summed E-state index contributed by atoms with van der Waals surface area (Å²) in [6, 6.07) is 7.66. The molecule has 2 aromatic carbocycles. The van der Waals surface area contributed by atoms with Crippen LogP contribution in [0.15, 0.2) is 34.3 Å². The van der Waals surface area contributed by atoms with Crippen LogP contribution in [0, 0.1) is 0 Å². The SMILES string of the molecule is CC(C)[Si](Oc1cc(C=NCCN=Cc2cc(O[Si](C(C)C)(C(C)C)C(C)C)cc(C(C)(C)C)c2[O-])c([O-])c(C(C)(C)C)c1)(C(C)C)C(C)C.[Ni+2]. The van der Waals surface area contributed by atoms with Crippen LogP contribution in [-0.2, 0) is 27.3 Å². The van der Waals surface area contributed by atoms with E-state index in [2.05, 4.69) is 135 Å². The Morgan fingerprint density at radius 3 is 1.00 bits per heavy atom. The van der Waals surface area contributed by atoms with Crippen LogP contribution in [-0.4, -0.2) is 42.2 Å². The number of aliphatic imine (C=N–C) groups is 2. The largest absolute Gasteiger partial charge is 2.00 e. The molecular weight excluding hydrogens is 711 g/mol. The van der Waals surface area contributed by atoms with Crippen molar-refractivity contribution in [2.24, 2.45) is 9.98 Å². The Labute approximate surface area is 324 Å². The van der Waals surface area contributed by atoms with E-state index in [9.17, 15) is 10.2 Å². The minimum Gasteiger partial charge on any atom is -0.872 e. The molecule has 0 radical (unpaired) electrons. The van der Waals surface area contributed by atoms with Crippen molar-refractivity contribution in [3.05, 3.63) is 46.5 Å². The summed E-state index contributed by atoms with van der Waals surface area (Å²) >= 11 is 0. The minimum atomic E-state index is -2.23. The summed E-state index contributed by atoms with van der Waals surface area (Å²) in [5, 5.41) is 27.3. The monoisotopic (exact) mass is 780 g/mol. The first-order chi connectivity index (χ1) is 22.8. The van der Waals surface area contributed by atoms with Gasteiger partial charge in [0.05, 0.1) is 13.1 Å². The van der Waals surface area contributed by atoms with Crippen LogP contribution in [0.2, 0.25) is 33.2 Å². The van der Waals surface area contributed by atoms with Crippen LogP contribution in [0.3, 0.4) is 0 Å². The molecule has 0 aliphatic heterocycles. The van der Waals surface area contributed by atoms with Crippen molar-refractivity contribution in [3.63, 3.8) is 0 Å². The van der Waals surface area contributed by atoms with Crippen LogP contribution in [0.4, 0.5) is 0 Å². The molecule has 0 unspecified atom stereocenters. The van der Waals surface area contributed by atoms with Crippen LogP contribution < -0.4 is 19.1 Å². The third-order valence-corrected chi connectivity index (χ3v) is 22.6. The van der Waals surface area contributed by atoms with Crippen LogP contribution in [0.5, 0.6) is 23.0 Å². The van der Waals surface area contributed by atoms with Crippen molar-refractivity contribution < 1.29 is 35.6 Å². The van der Waals surface area contributed by atoms with Gasteiger partial charge in [-0.05, 0) is 90.6 Å². The Balaban J connectivity index is 0.0000130. The van der Waals surface area contributed by atoms with Gasteiger partial charge < -0.3 is 19.1 Å². The minimum absolute atomic E-state index is 0. The van der Waals surface area contributed by atoms with Gasteiger partial charge in [-0.2, -0.15) is 0 Å². The zero-order chi connectivity index (χ0) is 38.6. The predicted molar refractivity (Wildman–Crippen MR) is 217 cm³/mol. The third kappa shape index (κ3) is 10.8. The molecule has 0 N–H and O–H groups in total. The molecule has 0 fully saturated rings. The van der Waals surface area contributed by atoms with Gasteiger partial charge in [-0.25, -0.2) is 0 Å². The second kappa shape index (κ2) is 18.3. The molecule has 0 amide bonds. The van der Waals surface area contributed by atoms with Gasteiger partial charge in [0.25, 0.3) is 16.6 Å². The fraction of sp³-hybridized carbons (Fsp3) is 0.667. The predicted octanol–water partition coefficient (Wildman–Crippen LogP) is 11.1. The molecule has 51 heavy (non-hydrogen) atoms. The van der Waals surface area contributed by atoms with Gasteiger partial charge in [0, 0.05) is 12.4 Å². The van der Waals surface area contributed by atoms with E-state index < -0.39 is 16.6 Å². The smallest absolute Gasteiger partial charge is 0.872 e. The third-order valence-electron chi connectivity index (χ3n) is 10.6. The molecular formula is C42H70N2NiO4Si2. The van der Waals surface area contributed by atoms with Gasteiger partial charge in [0.1, 0.15) is 11.5 Å².